The number of ether oxygens (including phenoxy) is 1. The lowest BCUT2D eigenvalue weighted by molar-refractivity contribution is -0.147. The van der Waals surface area contributed by atoms with Crippen LogP contribution in [0, 0.1) is 0 Å². The molecule has 1 aliphatic rings. The van der Waals surface area contributed by atoms with E-state index in [-0.39, 0.29) is 13.0 Å². The highest BCUT2D eigenvalue weighted by Gasteiger charge is 2.51. The molecule has 3 atom stereocenters. The summed E-state index contributed by atoms with van der Waals surface area (Å²) < 4.78 is 35.8. The number of aliphatic hydroxyl groups excluding tert-OH is 1. The fraction of sp³-hybridized carbons (Fsp3) is 0.345. The third kappa shape index (κ3) is 6.84. The molecular weight excluding hydrogens is 522 g/mol. The quantitative estimate of drug-likeness (QED) is 0.356. The number of rotatable bonds is 10. The maximum atomic E-state index is 14.5. The van der Waals surface area contributed by atoms with Crippen LogP contribution in [0.5, 0.6) is 5.75 Å². The standard InChI is InChI=1S/C29H32F2N4O5/c1-34-13-7-12-23(34)27(38)33-22(15-19-8-4-3-5-9-19)25(36)28(39)35-18-29(30,31)16-24(35)26(37)32-17-20-10-6-11-21(14-20)40-2/h3-14,22,24-25,36H,15-18H2,1-2H3,(H,32,37)(H,33,38). The first kappa shape index (κ1) is 28.8. The van der Waals surface area contributed by atoms with E-state index >= 15 is 0 Å². The number of methoxy groups -OCH3 is 1. The summed E-state index contributed by atoms with van der Waals surface area (Å²) in [4.78, 5) is 40.1. The molecule has 3 N–H and O–H groups in total. The van der Waals surface area contributed by atoms with Crippen molar-refractivity contribution in [3.63, 3.8) is 0 Å². The van der Waals surface area contributed by atoms with Gasteiger partial charge in [-0.15, -0.1) is 0 Å². The van der Waals surface area contributed by atoms with E-state index in [0.29, 0.717) is 27.5 Å². The molecule has 9 nitrogen and oxygen atoms in total. The van der Waals surface area contributed by atoms with Crippen molar-refractivity contribution in [3.05, 3.63) is 89.7 Å². The molecule has 0 radical (unpaired) electrons. The molecule has 40 heavy (non-hydrogen) atoms. The molecule has 2 aromatic carbocycles. The molecule has 11 heteroatoms. The van der Waals surface area contributed by atoms with Crippen LogP contribution in [-0.2, 0) is 29.6 Å². The number of aryl methyl sites for hydroxylation is 1. The second-order valence-electron chi connectivity index (χ2n) is 9.83. The lowest BCUT2D eigenvalue weighted by atomic mass is 9.99. The Balaban J connectivity index is 1.52. The van der Waals surface area contributed by atoms with Crippen molar-refractivity contribution in [2.24, 2.45) is 7.05 Å². The molecule has 3 unspecified atom stereocenters. The van der Waals surface area contributed by atoms with Crippen molar-refractivity contribution in [1.29, 1.82) is 0 Å². The third-order valence-corrected chi connectivity index (χ3v) is 6.88. The van der Waals surface area contributed by atoms with Crippen molar-refractivity contribution in [3.8, 4) is 5.75 Å². The highest BCUT2D eigenvalue weighted by Crippen LogP contribution is 2.33. The number of nitrogens with one attached hydrogen (secondary N) is 2. The zero-order valence-corrected chi connectivity index (χ0v) is 22.2. The van der Waals surface area contributed by atoms with E-state index in [1.165, 1.54) is 7.11 Å². The van der Waals surface area contributed by atoms with Crippen LogP contribution in [0.2, 0.25) is 0 Å². The van der Waals surface area contributed by atoms with Crippen LogP contribution in [0.3, 0.4) is 0 Å². The SMILES string of the molecule is COc1cccc(CNC(=O)C2CC(F)(F)CN2C(=O)C(O)C(Cc2ccccc2)NC(=O)c2cccn2C)c1. The largest absolute Gasteiger partial charge is 0.497 e. The van der Waals surface area contributed by atoms with Crippen molar-refractivity contribution < 1.29 is 33.0 Å². The number of carbonyl (C=O) groups is 3. The lowest BCUT2D eigenvalue weighted by Gasteiger charge is -2.30. The zero-order valence-electron chi connectivity index (χ0n) is 22.2. The number of carbonyl (C=O) groups excluding carboxylic acids is 3. The van der Waals surface area contributed by atoms with E-state index in [1.807, 2.05) is 0 Å². The number of benzene rings is 2. The van der Waals surface area contributed by atoms with Crippen molar-refractivity contribution in [2.75, 3.05) is 13.7 Å². The number of halogens is 2. The van der Waals surface area contributed by atoms with Gasteiger partial charge in [-0.2, -0.15) is 0 Å². The van der Waals surface area contributed by atoms with Gasteiger partial charge in [-0.3, -0.25) is 14.4 Å². The van der Waals surface area contributed by atoms with Gasteiger partial charge < -0.3 is 29.9 Å². The van der Waals surface area contributed by atoms with Gasteiger partial charge in [0.1, 0.15) is 17.5 Å². The molecule has 1 saturated heterocycles. The first-order chi connectivity index (χ1) is 19.1. The molecule has 4 rings (SSSR count). The average Bonchev–Trinajstić information content (AvgIpc) is 3.53. The van der Waals surface area contributed by atoms with Crippen molar-refractivity contribution >= 4 is 17.7 Å². The maximum absolute atomic E-state index is 14.5. The van der Waals surface area contributed by atoms with E-state index in [1.54, 1.807) is 84.5 Å². The number of likely N-dealkylation sites (tertiary alicyclic amines) is 1. The maximum Gasteiger partial charge on any atom is 0.268 e. The van der Waals surface area contributed by atoms with Gasteiger partial charge in [0.15, 0.2) is 6.10 Å². The second-order valence-corrected chi connectivity index (χ2v) is 9.83. The monoisotopic (exact) mass is 554 g/mol. The Labute approximate surface area is 230 Å². The Bertz CT molecular complexity index is 1350. The van der Waals surface area contributed by atoms with Gasteiger partial charge in [0, 0.05) is 26.2 Å². The molecule has 0 bridgehead atoms. The van der Waals surface area contributed by atoms with E-state index < -0.39 is 54.8 Å². The van der Waals surface area contributed by atoms with E-state index in [0.717, 1.165) is 0 Å². The van der Waals surface area contributed by atoms with Crippen LogP contribution < -0.4 is 15.4 Å². The van der Waals surface area contributed by atoms with Crippen LogP contribution in [-0.4, -0.2) is 70.1 Å². The summed E-state index contributed by atoms with van der Waals surface area (Å²) in [7, 11) is 3.17. The first-order valence-corrected chi connectivity index (χ1v) is 12.8. The zero-order chi connectivity index (χ0) is 28.9. The summed E-state index contributed by atoms with van der Waals surface area (Å²) in [5.41, 5.74) is 1.69. The number of hydrogen-bond acceptors (Lipinski definition) is 5. The Morgan fingerprint density at radius 3 is 2.48 bits per heavy atom. The summed E-state index contributed by atoms with van der Waals surface area (Å²) in [5.74, 6) is -5.13. The van der Waals surface area contributed by atoms with Gasteiger partial charge in [0.2, 0.25) is 5.91 Å². The number of amides is 3. The summed E-state index contributed by atoms with van der Waals surface area (Å²) in [6, 6.07) is 16.3. The third-order valence-electron chi connectivity index (χ3n) is 6.88. The Morgan fingerprint density at radius 1 is 1.07 bits per heavy atom. The number of alkyl halides is 2. The molecule has 1 aliphatic heterocycles. The Kier molecular flexibility index (Phi) is 8.83. The van der Waals surface area contributed by atoms with Crippen LogP contribution in [0.25, 0.3) is 0 Å². The topological polar surface area (TPSA) is 113 Å². The Morgan fingerprint density at radius 2 is 1.80 bits per heavy atom. The molecule has 1 fully saturated rings. The summed E-state index contributed by atoms with van der Waals surface area (Å²) >= 11 is 0. The van der Waals surface area contributed by atoms with E-state index in [9.17, 15) is 28.3 Å². The number of aliphatic hydroxyl groups is 1. The number of aromatic nitrogens is 1. The highest BCUT2D eigenvalue weighted by atomic mass is 19.3. The minimum absolute atomic E-state index is 0.0338. The minimum atomic E-state index is -3.32. The smallest absolute Gasteiger partial charge is 0.268 e. The van der Waals surface area contributed by atoms with Gasteiger partial charge in [0.05, 0.1) is 19.7 Å². The van der Waals surface area contributed by atoms with Crippen LogP contribution in [0.1, 0.15) is 28.0 Å². The van der Waals surface area contributed by atoms with E-state index in [2.05, 4.69) is 10.6 Å². The van der Waals surface area contributed by atoms with Gasteiger partial charge in [0.25, 0.3) is 17.7 Å². The molecule has 2 heterocycles. The summed E-state index contributed by atoms with van der Waals surface area (Å²) in [5, 5.41) is 16.4. The predicted octanol–water partition coefficient (Wildman–Crippen LogP) is 2.29. The molecule has 0 saturated carbocycles. The van der Waals surface area contributed by atoms with Gasteiger partial charge in [-0.25, -0.2) is 8.78 Å². The van der Waals surface area contributed by atoms with Crippen LogP contribution >= 0.6 is 0 Å². The summed E-state index contributed by atoms with van der Waals surface area (Å²) in [6.07, 6.45) is -1.04. The van der Waals surface area contributed by atoms with Crippen LogP contribution in [0.4, 0.5) is 8.78 Å². The molecule has 3 amide bonds. The number of nitrogens with zero attached hydrogens (tertiary/aromatic N) is 2. The molecular formula is C29H32F2N4O5. The predicted molar refractivity (Wildman–Crippen MR) is 143 cm³/mol. The number of hydrogen-bond donors (Lipinski definition) is 3. The summed E-state index contributed by atoms with van der Waals surface area (Å²) in [6.45, 7) is -0.990. The molecule has 212 valence electrons. The highest BCUT2D eigenvalue weighted by molar-refractivity contribution is 5.94. The fourth-order valence-corrected chi connectivity index (χ4v) is 4.76. The minimum Gasteiger partial charge on any atom is -0.497 e. The van der Waals surface area contributed by atoms with Crippen molar-refractivity contribution in [1.82, 2.24) is 20.1 Å². The van der Waals surface area contributed by atoms with Gasteiger partial charge >= 0.3 is 0 Å². The van der Waals surface area contributed by atoms with E-state index in [4.69, 9.17) is 4.74 Å². The second kappa shape index (κ2) is 12.3. The molecule has 3 aromatic rings. The molecule has 0 aliphatic carbocycles. The fourth-order valence-electron chi connectivity index (χ4n) is 4.76. The van der Waals surface area contributed by atoms with Gasteiger partial charge in [-0.1, -0.05) is 42.5 Å². The lowest BCUT2D eigenvalue weighted by Crippen LogP contribution is -2.56. The Hall–Kier alpha value is -4.25. The van der Waals surface area contributed by atoms with Crippen LogP contribution in [0.15, 0.2) is 72.9 Å². The average molecular weight is 555 g/mol. The first-order valence-electron chi connectivity index (χ1n) is 12.8. The van der Waals surface area contributed by atoms with Crippen molar-refractivity contribution in [2.45, 2.75) is 43.5 Å². The van der Waals surface area contributed by atoms with Gasteiger partial charge in [-0.05, 0) is 41.8 Å². The molecule has 0 spiro atoms. The normalized spacial score (nSPS) is 17.6. The molecule has 1 aromatic heterocycles.